The van der Waals surface area contributed by atoms with Crippen molar-refractivity contribution in [3.63, 3.8) is 0 Å². The Balaban J connectivity index is 2.27. The summed E-state index contributed by atoms with van der Waals surface area (Å²) in [5.41, 5.74) is 7.05. The molecule has 1 aliphatic heterocycles. The van der Waals surface area contributed by atoms with Crippen LogP contribution in [0.3, 0.4) is 0 Å². The second-order valence-corrected chi connectivity index (χ2v) is 4.47. The van der Waals surface area contributed by atoms with Crippen LogP contribution in [-0.2, 0) is 4.79 Å². The SMILES string of the molecule is Nc1ccc(N2CCCCCC2=O)cc1Cl. The molecular weight excluding hydrogens is 224 g/mol. The minimum absolute atomic E-state index is 0.179. The molecular formula is C12H15ClN2O. The molecule has 3 nitrogen and oxygen atoms in total. The van der Waals surface area contributed by atoms with E-state index in [4.69, 9.17) is 17.3 Å². The molecule has 1 aromatic rings. The second-order valence-electron chi connectivity index (χ2n) is 4.06. The van der Waals surface area contributed by atoms with E-state index >= 15 is 0 Å². The van der Waals surface area contributed by atoms with E-state index in [-0.39, 0.29) is 5.91 Å². The van der Waals surface area contributed by atoms with Crippen molar-refractivity contribution in [1.82, 2.24) is 0 Å². The molecule has 0 aromatic heterocycles. The Morgan fingerprint density at radius 3 is 2.81 bits per heavy atom. The number of hydrogen-bond donors (Lipinski definition) is 1. The molecule has 0 unspecified atom stereocenters. The van der Waals surface area contributed by atoms with Gasteiger partial charge in [-0.05, 0) is 31.0 Å². The van der Waals surface area contributed by atoms with Crippen molar-refractivity contribution in [3.8, 4) is 0 Å². The first kappa shape index (κ1) is 11.3. The Kier molecular flexibility index (Phi) is 3.34. The lowest BCUT2D eigenvalue weighted by Gasteiger charge is -2.21. The molecule has 2 rings (SSSR count). The number of rotatable bonds is 1. The normalized spacial score (nSPS) is 17.3. The fraction of sp³-hybridized carbons (Fsp3) is 0.417. The maximum atomic E-state index is 11.9. The van der Waals surface area contributed by atoms with Crippen LogP contribution in [0.15, 0.2) is 18.2 Å². The summed E-state index contributed by atoms with van der Waals surface area (Å²) in [4.78, 5) is 13.7. The number of carbonyl (C=O) groups excluding carboxylic acids is 1. The number of nitrogen functional groups attached to an aromatic ring is 1. The summed E-state index contributed by atoms with van der Waals surface area (Å²) < 4.78 is 0. The van der Waals surface area contributed by atoms with Gasteiger partial charge in [0.2, 0.25) is 5.91 Å². The van der Waals surface area contributed by atoms with E-state index < -0.39 is 0 Å². The number of anilines is 2. The molecule has 1 aliphatic rings. The minimum Gasteiger partial charge on any atom is -0.398 e. The van der Waals surface area contributed by atoms with Crippen molar-refractivity contribution >= 4 is 28.9 Å². The quantitative estimate of drug-likeness (QED) is 0.765. The molecule has 86 valence electrons. The molecule has 1 heterocycles. The standard InChI is InChI=1S/C12H15ClN2O/c13-10-8-9(5-6-11(10)14)15-7-3-1-2-4-12(15)16/h5-6,8H,1-4,7,14H2. The molecule has 0 atom stereocenters. The maximum absolute atomic E-state index is 11.9. The van der Waals surface area contributed by atoms with Gasteiger partial charge in [0.25, 0.3) is 0 Å². The van der Waals surface area contributed by atoms with E-state index in [1.54, 1.807) is 17.0 Å². The molecule has 1 aromatic carbocycles. The maximum Gasteiger partial charge on any atom is 0.226 e. The van der Waals surface area contributed by atoms with Crippen LogP contribution >= 0.6 is 11.6 Å². The van der Waals surface area contributed by atoms with Crippen molar-refractivity contribution in [2.75, 3.05) is 17.2 Å². The lowest BCUT2D eigenvalue weighted by atomic mass is 10.2. The number of nitrogens with two attached hydrogens (primary N) is 1. The van der Waals surface area contributed by atoms with Gasteiger partial charge in [0, 0.05) is 18.7 Å². The number of hydrogen-bond acceptors (Lipinski definition) is 2. The Hall–Kier alpha value is -1.22. The topological polar surface area (TPSA) is 46.3 Å². The van der Waals surface area contributed by atoms with Crippen LogP contribution in [0, 0.1) is 0 Å². The van der Waals surface area contributed by atoms with Crippen LogP contribution in [-0.4, -0.2) is 12.5 Å². The highest BCUT2D eigenvalue weighted by molar-refractivity contribution is 6.33. The van der Waals surface area contributed by atoms with Gasteiger partial charge in [-0.2, -0.15) is 0 Å². The second kappa shape index (κ2) is 4.74. The first-order valence-electron chi connectivity index (χ1n) is 5.54. The van der Waals surface area contributed by atoms with Crippen molar-refractivity contribution in [2.24, 2.45) is 0 Å². The molecule has 0 saturated carbocycles. The largest absolute Gasteiger partial charge is 0.398 e. The van der Waals surface area contributed by atoms with Gasteiger partial charge in [0.1, 0.15) is 0 Å². The third-order valence-electron chi connectivity index (χ3n) is 2.87. The Bertz CT molecular complexity index is 406. The van der Waals surface area contributed by atoms with E-state index in [1.807, 2.05) is 6.07 Å². The van der Waals surface area contributed by atoms with Crippen molar-refractivity contribution < 1.29 is 4.79 Å². The first-order chi connectivity index (χ1) is 7.68. The summed E-state index contributed by atoms with van der Waals surface area (Å²) in [7, 11) is 0. The van der Waals surface area contributed by atoms with Gasteiger partial charge in [-0.15, -0.1) is 0 Å². The lowest BCUT2D eigenvalue weighted by molar-refractivity contribution is -0.118. The molecule has 0 radical (unpaired) electrons. The average Bonchev–Trinajstić information content (AvgIpc) is 2.47. The first-order valence-corrected chi connectivity index (χ1v) is 5.91. The third-order valence-corrected chi connectivity index (χ3v) is 3.20. The van der Waals surface area contributed by atoms with Gasteiger partial charge in [0.05, 0.1) is 10.7 Å². The van der Waals surface area contributed by atoms with E-state index in [0.29, 0.717) is 17.1 Å². The number of carbonyl (C=O) groups is 1. The highest BCUT2D eigenvalue weighted by atomic mass is 35.5. The fourth-order valence-electron chi connectivity index (χ4n) is 1.94. The summed E-state index contributed by atoms with van der Waals surface area (Å²) in [6, 6.07) is 5.36. The number of amides is 1. The Morgan fingerprint density at radius 1 is 1.25 bits per heavy atom. The van der Waals surface area contributed by atoms with Crippen LogP contribution < -0.4 is 10.6 Å². The summed E-state index contributed by atoms with van der Waals surface area (Å²) in [5.74, 6) is 0.179. The lowest BCUT2D eigenvalue weighted by Crippen LogP contribution is -2.29. The molecule has 4 heteroatoms. The number of nitrogens with zero attached hydrogens (tertiary/aromatic N) is 1. The fourth-order valence-corrected chi connectivity index (χ4v) is 2.11. The van der Waals surface area contributed by atoms with Crippen molar-refractivity contribution in [3.05, 3.63) is 23.2 Å². The molecule has 2 N–H and O–H groups in total. The molecule has 1 fully saturated rings. The van der Waals surface area contributed by atoms with E-state index in [9.17, 15) is 4.79 Å². The van der Waals surface area contributed by atoms with Crippen LogP contribution in [0.1, 0.15) is 25.7 Å². The average molecular weight is 239 g/mol. The van der Waals surface area contributed by atoms with Gasteiger partial charge >= 0.3 is 0 Å². The van der Waals surface area contributed by atoms with Crippen LogP contribution in [0.4, 0.5) is 11.4 Å². The smallest absolute Gasteiger partial charge is 0.226 e. The minimum atomic E-state index is 0.179. The zero-order valence-electron chi connectivity index (χ0n) is 9.08. The van der Waals surface area contributed by atoms with Gasteiger partial charge in [-0.25, -0.2) is 0 Å². The van der Waals surface area contributed by atoms with Crippen molar-refractivity contribution in [2.45, 2.75) is 25.7 Å². The summed E-state index contributed by atoms with van der Waals surface area (Å²) >= 11 is 5.96. The van der Waals surface area contributed by atoms with Crippen molar-refractivity contribution in [1.29, 1.82) is 0 Å². The molecule has 0 aliphatic carbocycles. The molecule has 0 bridgehead atoms. The highest BCUT2D eigenvalue weighted by Crippen LogP contribution is 2.27. The van der Waals surface area contributed by atoms with Gasteiger partial charge in [0.15, 0.2) is 0 Å². The number of benzene rings is 1. The Labute approximate surface area is 100 Å². The van der Waals surface area contributed by atoms with Crippen LogP contribution in [0.2, 0.25) is 5.02 Å². The highest BCUT2D eigenvalue weighted by Gasteiger charge is 2.18. The van der Waals surface area contributed by atoms with Gasteiger partial charge in [-0.3, -0.25) is 4.79 Å². The zero-order chi connectivity index (χ0) is 11.5. The molecule has 0 spiro atoms. The summed E-state index contributed by atoms with van der Waals surface area (Å²) in [6.45, 7) is 0.777. The van der Waals surface area contributed by atoms with Crippen LogP contribution in [0.25, 0.3) is 0 Å². The number of halogens is 1. The molecule has 16 heavy (non-hydrogen) atoms. The van der Waals surface area contributed by atoms with E-state index in [2.05, 4.69) is 0 Å². The monoisotopic (exact) mass is 238 g/mol. The van der Waals surface area contributed by atoms with Gasteiger partial charge < -0.3 is 10.6 Å². The molecule has 1 amide bonds. The van der Waals surface area contributed by atoms with Gasteiger partial charge in [-0.1, -0.05) is 18.0 Å². The summed E-state index contributed by atoms with van der Waals surface area (Å²) in [5, 5.41) is 0.509. The Morgan fingerprint density at radius 2 is 2.06 bits per heavy atom. The zero-order valence-corrected chi connectivity index (χ0v) is 9.83. The third kappa shape index (κ3) is 2.30. The predicted octanol–water partition coefficient (Wildman–Crippen LogP) is 2.83. The van der Waals surface area contributed by atoms with E-state index in [1.165, 1.54) is 0 Å². The molecule has 1 saturated heterocycles. The summed E-state index contributed by atoms with van der Waals surface area (Å²) in [6.07, 6.45) is 3.78. The predicted molar refractivity (Wildman–Crippen MR) is 66.7 cm³/mol. The van der Waals surface area contributed by atoms with E-state index in [0.717, 1.165) is 31.5 Å². The van der Waals surface area contributed by atoms with Crippen LogP contribution in [0.5, 0.6) is 0 Å².